The van der Waals surface area contributed by atoms with Gasteiger partial charge in [-0.15, -0.1) is 0 Å². The highest BCUT2D eigenvalue weighted by Crippen LogP contribution is 2.47. The Kier molecular flexibility index (Phi) is 2.31. The van der Waals surface area contributed by atoms with Crippen molar-refractivity contribution in [3.05, 3.63) is 169 Å². The van der Waals surface area contributed by atoms with Crippen LogP contribution in [-0.2, 0) is 0 Å². The number of hydrogen-bond donors (Lipinski definition) is 0. The van der Waals surface area contributed by atoms with Crippen LogP contribution in [0.3, 0.4) is 0 Å². The van der Waals surface area contributed by atoms with E-state index in [9.17, 15) is 13.7 Å². The Morgan fingerprint density at radius 3 is 1.68 bits per heavy atom. The fourth-order valence-corrected chi connectivity index (χ4v) is 5.82. The molecule has 10 aromatic rings. The van der Waals surface area contributed by atoms with Crippen LogP contribution in [0.25, 0.3) is 98.4 Å². The van der Waals surface area contributed by atoms with E-state index >= 15 is 0 Å². The van der Waals surface area contributed by atoms with Crippen LogP contribution in [0.1, 0.15) is 38.4 Å². The molecular weight excluding hydrogens is 569 g/mol. The lowest BCUT2D eigenvalue weighted by Gasteiger charge is -2.19. The average molecular weight is 625 g/mol. The quantitative estimate of drug-likeness (QED) is 0.178. The van der Waals surface area contributed by atoms with Gasteiger partial charge in [0.05, 0.1) is 38.4 Å². The average Bonchev–Trinajstić information content (AvgIpc) is 3.79. The minimum atomic E-state index is -1.08. The maximum absolute atomic E-state index is 9.82. The molecule has 0 spiro atoms. The number of fused-ring (bicyclic) bond motifs is 7. The summed E-state index contributed by atoms with van der Waals surface area (Å²) in [5.74, 6) is 0. The van der Waals surface area contributed by atoms with Crippen molar-refractivity contribution < 1.29 is 42.8 Å². The zero-order valence-corrected chi connectivity index (χ0v) is 23.4. The highest BCUT2D eigenvalue weighted by atomic mass is 16.3. The molecule has 9 aromatic carbocycles. The fraction of sp³-hybridized carbons (Fsp3) is 0. The second-order valence-corrected chi connectivity index (χ2v) is 10.3. The van der Waals surface area contributed by atoms with E-state index in [4.69, 9.17) is 29.1 Å². The van der Waals surface area contributed by atoms with Gasteiger partial charge in [-0.25, -0.2) is 0 Å². The molecule has 1 heterocycles. The molecule has 0 aliphatic rings. The van der Waals surface area contributed by atoms with E-state index in [0.717, 1.165) is 0 Å². The summed E-state index contributed by atoms with van der Waals surface area (Å²) in [5.41, 5.74) is -5.72. The highest BCUT2D eigenvalue weighted by Gasteiger charge is 2.20. The third-order valence-corrected chi connectivity index (χ3v) is 7.76. The normalized spacial score (nSPS) is 20.2. The first-order valence-electron chi connectivity index (χ1n) is 27.9. The van der Waals surface area contributed by atoms with Gasteiger partial charge in [-0.1, -0.05) is 145 Å². The summed E-state index contributed by atoms with van der Waals surface area (Å²) in [6.07, 6.45) is 0. The first-order valence-corrected chi connectivity index (χ1v) is 13.9. The van der Waals surface area contributed by atoms with E-state index in [1.807, 2.05) is 0 Å². The van der Waals surface area contributed by atoms with Crippen molar-refractivity contribution in [3.8, 4) is 33.4 Å². The van der Waals surface area contributed by atoms with Crippen LogP contribution in [0.5, 0.6) is 0 Å². The summed E-state index contributed by atoms with van der Waals surface area (Å²) < 4.78 is 258. The Morgan fingerprint density at radius 2 is 0.936 bits per heavy atom. The van der Waals surface area contributed by atoms with Gasteiger partial charge in [0, 0.05) is 10.8 Å². The molecule has 1 nitrogen and oxygen atoms in total. The molecule has 218 valence electrons. The SMILES string of the molecule is [2H]c1c([2H])c([2H])c(-c2c([2H])c([2H])c([2H])c3c([2H])c(-c4c5c([2H])c([2H])c([2H])c([2H])c5c(-c5c([2H])c([2H])c([2H])c6oc7c([2H])c8c([2H])c([2H])c([2H])c([2H])c8c([2H])c7c56)c5c([2H])c([2H])c([2H])c([2H])c45)c([2H])c([2H])c23)c([2H])c1[2H]. The zero-order chi connectivity index (χ0) is 55.3. The molecule has 0 bridgehead atoms. The lowest BCUT2D eigenvalue weighted by molar-refractivity contribution is 0.669. The Balaban J connectivity index is 1.53. The standard InChI is InChI=1S/C46H28O/c1-2-12-29(13-3-1)34-21-10-16-32-26-33(24-25-35(32)34)44-36-17-6-8-19-38(36)45(39-20-9-7-18-37(39)44)40-22-11-23-42-46(40)41-27-30-14-4-5-15-31(30)28-43(41)47-42/h1-28H/i1D,2D,3D,4D,5D,6D,7D,8D,9D,10D,11D,12D,13D,14D,15D,16D,17D,18D,19D,20D,21D,22D,23D,24D,25D,26D,27D,28D. The van der Waals surface area contributed by atoms with Gasteiger partial charge in [-0.2, -0.15) is 0 Å². The molecule has 0 aliphatic heterocycles. The Bertz CT molecular complexity index is 4330. The number of furan rings is 1. The van der Waals surface area contributed by atoms with Crippen molar-refractivity contribution in [2.24, 2.45) is 0 Å². The minimum Gasteiger partial charge on any atom is -0.456 e. The molecule has 10 rings (SSSR count). The molecule has 0 amide bonds. The third kappa shape index (κ3) is 3.97. The lowest BCUT2D eigenvalue weighted by atomic mass is 9.84. The summed E-state index contributed by atoms with van der Waals surface area (Å²) >= 11 is 0. The van der Waals surface area contributed by atoms with Crippen LogP contribution < -0.4 is 0 Å². The Morgan fingerprint density at radius 1 is 0.340 bits per heavy atom. The third-order valence-electron chi connectivity index (χ3n) is 7.76. The fourth-order valence-electron chi connectivity index (χ4n) is 5.82. The zero-order valence-electron chi connectivity index (χ0n) is 51.4. The molecule has 0 atom stereocenters. The van der Waals surface area contributed by atoms with Gasteiger partial charge < -0.3 is 4.42 Å². The van der Waals surface area contributed by atoms with E-state index in [2.05, 4.69) is 0 Å². The van der Waals surface area contributed by atoms with Gasteiger partial charge in [-0.3, -0.25) is 0 Å². The van der Waals surface area contributed by atoms with Gasteiger partial charge in [0.15, 0.2) is 0 Å². The first-order chi connectivity index (χ1) is 35.0. The molecule has 47 heavy (non-hydrogen) atoms. The molecule has 0 fully saturated rings. The van der Waals surface area contributed by atoms with Crippen LogP contribution >= 0.6 is 0 Å². The molecule has 0 radical (unpaired) electrons. The van der Waals surface area contributed by atoms with Crippen LogP contribution in [0.2, 0.25) is 0 Å². The molecule has 0 saturated heterocycles. The minimum absolute atomic E-state index is 0.486. The summed E-state index contributed by atoms with van der Waals surface area (Å²) in [5, 5.41) is -6.52. The Labute approximate surface area is 311 Å². The molecule has 1 aromatic heterocycles. The molecule has 0 aliphatic carbocycles. The van der Waals surface area contributed by atoms with E-state index in [0.29, 0.717) is 0 Å². The second-order valence-electron chi connectivity index (χ2n) is 10.3. The van der Waals surface area contributed by atoms with Gasteiger partial charge in [0.25, 0.3) is 0 Å². The summed E-state index contributed by atoms with van der Waals surface area (Å²) in [7, 11) is 0. The van der Waals surface area contributed by atoms with E-state index in [1.165, 1.54) is 0 Å². The van der Waals surface area contributed by atoms with Gasteiger partial charge in [0.2, 0.25) is 0 Å². The van der Waals surface area contributed by atoms with Gasteiger partial charge in [-0.05, 0) is 101 Å². The molecular formula is C46H28O. The predicted molar refractivity (Wildman–Crippen MR) is 200 cm³/mol. The molecule has 0 saturated carbocycles. The molecule has 0 unspecified atom stereocenters. The summed E-state index contributed by atoms with van der Waals surface area (Å²) in [6, 6.07) is -26.0. The highest BCUT2D eigenvalue weighted by molar-refractivity contribution is 6.26. The van der Waals surface area contributed by atoms with Crippen LogP contribution in [0.4, 0.5) is 0 Å². The number of benzene rings is 9. The van der Waals surface area contributed by atoms with E-state index in [1.54, 1.807) is 0 Å². The predicted octanol–water partition coefficient (Wildman–Crippen LogP) is 13.2. The second kappa shape index (κ2) is 10.2. The molecule has 0 N–H and O–H groups in total. The maximum atomic E-state index is 9.82. The van der Waals surface area contributed by atoms with Crippen LogP contribution in [0.15, 0.2) is 174 Å². The maximum Gasteiger partial charge on any atom is 0.136 e. The summed E-state index contributed by atoms with van der Waals surface area (Å²) in [4.78, 5) is 0. The monoisotopic (exact) mass is 624 g/mol. The van der Waals surface area contributed by atoms with E-state index in [-0.39, 0.29) is 0 Å². The van der Waals surface area contributed by atoms with Gasteiger partial charge >= 0.3 is 0 Å². The van der Waals surface area contributed by atoms with Crippen molar-refractivity contribution in [1.82, 2.24) is 0 Å². The van der Waals surface area contributed by atoms with E-state index < -0.39 is 268 Å². The number of hydrogen-bond acceptors (Lipinski definition) is 1. The molecule has 1 heteroatoms. The first kappa shape index (κ1) is 10.7. The summed E-state index contributed by atoms with van der Waals surface area (Å²) in [6.45, 7) is 0. The van der Waals surface area contributed by atoms with Crippen molar-refractivity contribution >= 4 is 65.0 Å². The topological polar surface area (TPSA) is 13.1 Å². The van der Waals surface area contributed by atoms with Crippen LogP contribution in [0, 0.1) is 0 Å². The van der Waals surface area contributed by atoms with Crippen molar-refractivity contribution in [2.45, 2.75) is 0 Å². The largest absolute Gasteiger partial charge is 0.456 e. The van der Waals surface area contributed by atoms with Gasteiger partial charge in [0.1, 0.15) is 11.2 Å². The Hall–Kier alpha value is -6.18. The van der Waals surface area contributed by atoms with Crippen molar-refractivity contribution in [3.63, 3.8) is 0 Å². The van der Waals surface area contributed by atoms with Crippen molar-refractivity contribution in [2.75, 3.05) is 0 Å². The van der Waals surface area contributed by atoms with Crippen molar-refractivity contribution in [1.29, 1.82) is 0 Å². The van der Waals surface area contributed by atoms with Crippen LogP contribution in [-0.4, -0.2) is 0 Å². The number of rotatable bonds is 3. The lowest BCUT2D eigenvalue weighted by Crippen LogP contribution is -1.91. The smallest absolute Gasteiger partial charge is 0.136 e.